The molecule has 3 rings (SSSR count). The Morgan fingerprint density at radius 1 is 1.12 bits per heavy atom. The standard InChI is InChI=1S/C17H16ClFN2O3S/c18-14-2-1-3-15(19)16(14)17(22)21-12-6-4-11(5-7-12)20-13-8-9-25(23,24)10-13/h1-7,13,20H,8-10H2,(H,21,22). The van der Waals surface area contributed by atoms with E-state index in [2.05, 4.69) is 10.6 Å². The molecule has 2 aromatic rings. The van der Waals surface area contributed by atoms with Crippen LogP contribution in [0.1, 0.15) is 16.8 Å². The topological polar surface area (TPSA) is 75.3 Å². The lowest BCUT2D eigenvalue weighted by molar-refractivity contribution is 0.102. The lowest BCUT2D eigenvalue weighted by Crippen LogP contribution is -2.20. The smallest absolute Gasteiger partial charge is 0.260 e. The van der Waals surface area contributed by atoms with E-state index >= 15 is 0 Å². The third kappa shape index (κ3) is 4.29. The fraction of sp³-hybridized carbons (Fsp3) is 0.235. The van der Waals surface area contributed by atoms with Crippen LogP contribution in [0.2, 0.25) is 5.02 Å². The highest BCUT2D eigenvalue weighted by Crippen LogP contribution is 2.22. The number of amides is 1. The molecule has 0 spiro atoms. The highest BCUT2D eigenvalue weighted by Gasteiger charge is 2.27. The maximum Gasteiger partial charge on any atom is 0.260 e. The highest BCUT2D eigenvalue weighted by atomic mass is 35.5. The molecule has 8 heteroatoms. The van der Waals surface area contributed by atoms with Gasteiger partial charge in [-0.15, -0.1) is 0 Å². The van der Waals surface area contributed by atoms with Gasteiger partial charge in [0.1, 0.15) is 5.82 Å². The van der Waals surface area contributed by atoms with Gasteiger partial charge in [0, 0.05) is 17.4 Å². The fourth-order valence-electron chi connectivity index (χ4n) is 2.70. The van der Waals surface area contributed by atoms with Gasteiger partial charge in [0.15, 0.2) is 9.84 Å². The van der Waals surface area contributed by atoms with Crippen LogP contribution in [0.5, 0.6) is 0 Å². The van der Waals surface area contributed by atoms with Crippen LogP contribution in [0.3, 0.4) is 0 Å². The van der Waals surface area contributed by atoms with Gasteiger partial charge in [0.25, 0.3) is 5.91 Å². The Labute approximate surface area is 150 Å². The van der Waals surface area contributed by atoms with Crippen LogP contribution in [0.4, 0.5) is 15.8 Å². The van der Waals surface area contributed by atoms with Gasteiger partial charge < -0.3 is 10.6 Å². The average Bonchev–Trinajstić information content (AvgIpc) is 2.88. The first-order valence-electron chi connectivity index (χ1n) is 7.66. The summed E-state index contributed by atoms with van der Waals surface area (Å²) < 4.78 is 36.7. The summed E-state index contributed by atoms with van der Waals surface area (Å²) in [6, 6.07) is 10.7. The zero-order valence-electron chi connectivity index (χ0n) is 13.1. The number of nitrogens with one attached hydrogen (secondary N) is 2. The molecule has 0 aromatic heterocycles. The van der Waals surface area contributed by atoms with E-state index in [1.54, 1.807) is 24.3 Å². The van der Waals surface area contributed by atoms with Crippen LogP contribution in [0.25, 0.3) is 0 Å². The summed E-state index contributed by atoms with van der Waals surface area (Å²) in [7, 11) is -2.95. The molecule has 1 saturated heterocycles. The van der Waals surface area contributed by atoms with Crippen LogP contribution in [0, 0.1) is 5.82 Å². The number of sulfone groups is 1. The molecule has 25 heavy (non-hydrogen) atoms. The van der Waals surface area contributed by atoms with Gasteiger partial charge >= 0.3 is 0 Å². The van der Waals surface area contributed by atoms with Crippen molar-refractivity contribution >= 4 is 38.7 Å². The number of hydrogen-bond acceptors (Lipinski definition) is 4. The van der Waals surface area contributed by atoms with Crippen molar-refractivity contribution in [3.8, 4) is 0 Å². The molecule has 0 aliphatic carbocycles. The molecule has 5 nitrogen and oxygen atoms in total. The number of carbonyl (C=O) groups is 1. The van der Waals surface area contributed by atoms with Gasteiger partial charge in [0.2, 0.25) is 0 Å². The number of anilines is 2. The normalized spacial score (nSPS) is 18.7. The largest absolute Gasteiger partial charge is 0.381 e. The average molecular weight is 383 g/mol. The minimum Gasteiger partial charge on any atom is -0.381 e. The summed E-state index contributed by atoms with van der Waals surface area (Å²) in [5.41, 5.74) is 1.03. The minimum absolute atomic E-state index is 0.0400. The van der Waals surface area contributed by atoms with Crippen LogP contribution < -0.4 is 10.6 Å². The van der Waals surface area contributed by atoms with E-state index in [4.69, 9.17) is 11.6 Å². The molecule has 0 saturated carbocycles. The molecule has 1 unspecified atom stereocenters. The molecule has 0 radical (unpaired) electrons. The molecule has 2 N–H and O–H groups in total. The lowest BCUT2D eigenvalue weighted by atomic mass is 10.2. The first kappa shape index (κ1) is 17.7. The summed E-state index contributed by atoms with van der Waals surface area (Å²) in [4.78, 5) is 12.2. The zero-order valence-corrected chi connectivity index (χ0v) is 14.7. The Bertz CT molecular complexity index is 880. The summed E-state index contributed by atoms with van der Waals surface area (Å²) in [5, 5.41) is 5.78. The van der Waals surface area contributed by atoms with Gasteiger partial charge in [-0.1, -0.05) is 17.7 Å². The van der Waals surface area contributed by atoms with E-state index in [1.165, 1.54) is 18.2 Å². The molecule has 1 fully saturated rings. The quantitative estimate of drug-likeness (QED) is 0.850. The summed E-state index contributed by atoms with van der Waals surface area (Å²) >= 11 is 5.87. The second-order valence-electron chi connectivity index (χ2n) is 5.87. The monoisotopic (exact) mass is 382 g/mol. The molecule has 1 amide bonds. The first-order valence-corrected chi connectivity index (χ1v) is 9.86. The number of carbonyl (C=O) groups excluding carboxylic acids is 1. The Balaban J connectivity index is 1.66. The van der Waals surface area contributed by atoms with Crippen molar-refractivity contribution in [2.24, 2.45) is 0 Å². The van der Waals surface area contributed by atoms with Gasteiger partial charge in [-0.3, -0.25) is 4.79 Å². The molecule has 1 heterocycles. The van der Waals surface area contributed by atoms with E-state index < -0.39 is 21.6 Å². The zero-order chi connectivity index (χ0) is 18.0. The summed E-state index contributed by atoms with van der Waals surface area (Å²) in [6.07, 6.45) is 0.576. The molecule has 2 aromatic carbocycles. The molecule has 1 aliphatic heterocycles. The van der Waals surface area contributed by atoms with Crippen LogP contribution in [0.15, 0.2) is 42.5 Å². The van der Waals surface area contributed by atoms with Crippen molar-refractivity contribution in [1.82, 2.24) is 0 Å². The van der Waals surface area contributed by atoms with Crippen molar-refractivity contribution < 1.29 is 17.6 Å². The Kier molecular flexibility index (Phi) is 4.96. The van der Waals surface area contributed by atoms with Gasteiger partial charge in [-0.2, -0.15) is 0 Å². The van der Waals surface area contributed by atoms with E-state index in [1.807, 2.05) is 0 Å². The van der Waals surface area contributed by atoms with Crippen molar-refractivity contribution in [1.29, 1.82) is 0 Å². The fourth-order valence-corrected chi connectivity index (χ4v) is 4.62. The predicted molar refractivity (Wildman–Crippen MR) is 96.5 cm³/mol. The third-order valence-corrected chi connectivity index (χ3v) is 6.02. The molecule has 132 valence electrons. The minimum atomic E-state index is -2.95. The second-order valence-corrected chi connectivity index (χ2v) is 8.51. The van der Waals surface area contributed by atoms with Gasteiger partial charge in [-0.05, 0) is 42.8 Å². The van der Waals surface area contributed by atoms with Crippen LogP contribution in [-0.4, -0.2) is 31.9 Å². The molecule has 1 atom stereocenters. The second kappa shape index (κ2) is 7.01. The SMILES string of the molecule is O=C(Nc1ccc(NC2CCS(=O)(=O)C2)cc1)c1c(F)cccc1Cl. The summed E-state index contributed by atoms with van der Waals surface area (Å²) in [6.45, 7) is 0. The lowest BCUT2D eigenvalue weighted by Gasteiger charge is -2.13. The molecule has 1 aliphatic rings. The van der Waals surface area contributed by atoms with Crippen molar-refractivity contribution in [3.05, 3.63) is 58.9 Å². The molecular formula is C17H16ClFN2O3S. The first-order chi connectivity index (χ1) is 11.8. The van der Waals surface area contributed by atoms with E-state index in [0.717, 1.165) is 5.69 Å². The van der Waals surface area contributed by atoms with E-state index in [9.17, 15) is 17.6 Å². The molecule has 0 bridgehead atoms. The number of rotatable bonds is 4. The van der Waals surface area contributed by atoms with E-state index in [-0.39, 0.29) is 28.1 Å². The van der Waals surface area contributed by atoms with Gasteiger partial charge in [-0.25, -0.2) is 12.8 Å². The Hall–Kier alpha value is -2.12. The van der Waals surface area contributed by atoms with Gasteiger partial charge in [0.05, 0.1) is 22.1 Å². The maximum absolute atomic E-state index is 13.8. The van der Waals surface area contributed by atoms with Crippen molar-refractivity contribution in [3.63, 3.8) is 0 Å². The third-order valence-electron chi connectivity index (χ3n) is 3.94. The maximum atomic E-state index is 13.8. The Morgan fingerprint density at radius 3 is 2.40 bits per heavy atom. The number of halogens is 2. The van der Waals surface area contributed by atoms with Crippen LogP contribution >= 0.6 is 11.6 Å². The van der Waals surface area contributed by atoms with Crippen molar-refractivity contribution in [2.75, 3.05) is 22.1 Å². The predicted octanol–water partition coefficient (Wildman–Crippen LogP) is 3.33. The Morgan fingerprint density at radius 2 is 1.80 bits per heavy atom. The van der Waals surface area contributed by atoms with E-state index in [0.29, 0.717) is 12.1 Å². The summed E-state index contributed by atoms with van der Waals surface area (Å²) in [5.74, 6) is -1.00. The number of benzene rings is 2. The highest BCUT2D eigenvalue weighted by molar-refractivity contribution is 7.91. The number of hydrogen-bond donors (Lipinski definition) is 2. The van der Waals surface area contributed by atoms with Crippen LogP contribution in [-0.2, 0) is 9.84 Å². The molecular weight excluding hydrogens is 367 g/mol. The van der Waals surface area contributed by atoms with Crippen molar-refractivity contribution in [2.45, 2.75) is 12.5 Å².